The number of fused-ring (bicyclic) bond motifs is 1. The molecule has 0 saturated carbocycles. The standard InChI is InChI=1S/C28H24N6O/c35-28-24-19-33(15-13-25(24)30-27(31-28)21-10-7-14-29-16-21)17-22-18-34(23-11-5-2-6-12-23)32-26(22)20-8-3-1-4-9-20/h1-12,14,16,18H,13,15,17,19H2,(H,30,31,35). The Hall–Kier alpha value is -4.36. The monoisotopic (exact) mass is 460 g/mol. The van der Waals surface area contributed by atoms with Crippen LogP contribution in [0.15, 0.2) is 96.2 Å². The van der Waals surface area contributed by atoms with E-state index < -0.39 is 0 Å². The number of aromatic amines is 1. The van der Waals surface area contributed by atoms with Crippen LogP contribution in [0.5, 0.6) is 0 Å². The highest BCUT2D eigenvalue weighted by atomic mass is 16.1. The van der Waals surface area contributed by atoms with E-state index in [-0.39, 0.29) is 5.56 Å². The molecule has 35 heavy (non-hydrogen) atoms. The van der Waals surface area contributed by atoms with Crippen molar-refractivity contribution in [2.24, 2.45) is 0 Å². The summed E-state index contributed by atoms with van der Waals surface area (Å²) in [4.78, 5) is 27.1. The number of hydrogen-bond donors (Lipinski definition) is 1. The van der Waals surface area contributed by atoms with Gasteiger partial charge in [0.25, 0.3) is 5.56 Å². The summed E-state index contributed by atoms with van der Waals surface area (Å²) in [5.74, 6) is 0.575. The predicted octanol–water partition coefficient (Wildman–Crippen LogP) is 4.24. The Morgan fingerprint density at radius 2 is 1.69 bits per heavy atom. The van der Waals surface area contributed by atoms with Gasteiger partial charge in [0.1, 0.15) is 5.82 Å². The lowest BCUT2D eigenvalue weighted by molar-refractivity contribution is 0.242. The van der Waals surface area contributed by atoms with Crippen molar-refractivity contribution >= 4 is 0 Å². The van der Waals surface area contributed by atoms with E-state index in [9.17, 15) is 4.79 Å². The zero-order chi connectivity index (χ0) is 23.6. The van der Waals surface area contributed by atoms with E-state index >= 15 is 0 Å². The zero-order valence-electron chi connectivity index (χ0n) is 19.1. The van der Waals surface area contributed by atoms with Gasteiger partial charge < -0.3 is 4.98 Å². The van der Waals surface area contributed by atoms with E-state index in [0.29, 0.717) is 18.9 Å². The number of H-pyrrole nitrogens is 1. The molecule has 172 valence electrons. The average molecular weight is 461 g/mol. The van der Waals surface area contributed by atoms with Crippen molar-refractivity contribution < 1.29 is 0 Å². The van der Waals surface area contributed by atoms with Gasteiger partial charge in [0.2, 0.25) is 0 Å². The minimum Gasteiger partial charge on any atom is -0.306 e. The summed E-state index contributed by atoms with van der Waals surface area (Å²) >= 11 is 0. The summed E-state index contributed by atoms with van der Waals surface area (Å²) in [5, 5.41) is 4.93. The molecule has 6 rings (SSSR count). The molecule has 0 radical (unpaired) electrons. The van der Waals surface area contributed by atoms with Gasteiger partial charge in [-0.3, -0.25) is 14.7 Å². The molecule has 3 aromatic heterocycles. The van der Waals surface area contributed by atoms with Crippen LogP contribution in [0.4, 0.5) is 0 Å². The van der Waals surface area contributed by atoms with Gasteiger partial charge in [-0.15, -0.1) is 0 Å². The van der Waals surface area contributed by atoms with Gasteiger partial charge in [-0.05, 0) is 24.3 Å². The molecule has 0 bridgehead atoms. The number of pyridine rings is 1. The number of rotatable bonds is 5. The molecular weight excluding hydrogens is 436 g/mol. The normalized spacial score (nSPS) is 13.5. The van der Waals surface area contributed by atoms with E-state index in [1.807, 2.05) is 65.3 Å². The van der Waals surface area contributed by atoms with Crippen LogP contribution in [0.25, 0.3) is 28.3 Å². The second-order valence-corrected chi connectivity index (χ2v) is 8.69. The third-order valence-corrected chi connectivity index (χ3v) is 6.33. The van der Waals surface area contributed by atoms with Crippen LogP contribution in [0.3, 0.4) is 0 Å². The lowest BCUT2D eigenvalue weighted by Crippen LogP contribution is -2.35. The van der Waals surface area contributed by atoms with Crippen LogP contribution < -0.4 is 5.56 Å². The summed E-state index contributed by atoms with van der Waals surface area (Å²) < 4.78 is 1.93. The van der Waals surface area contributed by atoms with Crippen LogP contribution in [0.2, 0.25) is 0 Å². The Labute approximate surface area is 202 Å². The van der Waals surface area contributed by atoms with E-state index in [0.717, 1.165) is 52.3 Å². The van der Waals surface area contributed by atoms with Gasteiger partial charge >= 0.3 is 0 Å². The molecule has 2 aromatic carbocycles. The molecule has 1 aliphatic rings. The number of hydrogen-bond acceptors (Lipinski definition) is 5. The number of nitrogens with one attached hydrogen (secondary N) is 1. The van der Waals surface area contributed by atoms with E-state index in [1.165, 1.54) is 0 Å². The third kappa shape index (κ3) is 4.29. The molecule has 1 N–H and O–H groups in total. The molecule has 4 heterocycles. The molecule has 5 aromatic rings. The van der Waals surface area contributed by atoms with Gasteiger partial charge in [0, 0.05) is 61.3 Å². The molecule has 7 nitrogen and oxygen atoms in total. The largest absolute Gasteiger partial charge is 0.306 e. The molecule has 0 aliphatic carbocycles. The minimum atomic E-state index is -0.0817. The van der Waals surface area contributed by atoms with Crippen LogP contribution >= 0.6 is 0 Å². The first-order valence-electron chi connectivity index (χ1n) is 11.7. The fraction of sp³-hybridized carbons (Fsp3) is 0.143. The second kappa shape index (κ2) is 9.12. The van der Waals surface area contributed by atoms with Gasteiger partial charge in [-0.1, -0.05) is 48.5 Å². The Kier molecular flexibility index (Phi) is 5.52. The highest BCUT2D eigenvalue weighted by Gasteiger charge is 2.23. The maximum absolute atomic E-state index is 13.0. The lowest BCUT2D eigenvalue weighted by Gasteiger charge is -2.27. The first-order valence-corrected chi connectivity index (χ1v) is 11.7. The van der Waals surface area contributed by atoms with Crippen molar-refractivity contribution in [3.05, 3.63) is 119 Å². The molecule has 1 aliphatic heterocycles. The maximum Gasteiger partial charge on any atom is 0.255 e. The number of aromatic nitrogens is 5. The molecule has 0 unspecified atom stereocenters. The van der Waals surface area contributed by atoms with Crippen LogP contribution in [0, 0.1) is 0 Å². The Morgan fingerprint density at radius 3 is 2.46 bits per heavy atom. The first-order chi connectivity index (χ1) is 17.2. The Balaban J connectivity index is 1.31. The second-order valence-electron chi connectivity index (χ2n) is 8.69. The quantitative estimate of drug-likeness (QED) is 0.424. The van der Waals surface area contributed by atoms with Gasteiger partial charge in [0.15, 0.2) is 0 Å². The highest BCUT2D eigenvalue weighted by molar-refractivity contribution is 5.63. The van der Waals surface area contributed by atoms with E-state index in [2.05, 4.69) is 33.2 Å². The Bertz CT molecular complexity index is 1510. The van der Waals surface area contributed by atoms with Crippen LogP contribution in [-0.2, 0) is 19.5 Å². The van der Waals surface area contributed by atoms with Crippen molar-refractivity contribution in [1.29, 1.82) is 0 Å². The fourth-order valence-corrected chi connectivity index (χ4v) is 4.57. The van der Waals surface area contributed by atoms with Gasteiger partial charge in [0.05, 0.1) is 22.6 Å². The van der Waals surface area contributed by atoms with Crippen molar-refractivity contribution in [3.63, 3.8) is 0 Å². The average Bonchev–Trinajstić information content (AvgIpc) is 3.34. The van der Waals surface area contributed by atoms with Crippen molar-refractivity contribution in [3.8, 4) is 28.3 Å². The van der Waals surface area contributed by atoms with Crippen LogP contribution in [0.1, 0.15) is 16.8 Å². The fourth-order valence-electron chi connectivity index (χ4n) is 4.57. The Morgan fingerprint density at radius 1 is 0.914 bits per heavy atom. The lowest BCUT2D eigenvalue weighted by atomic mass is 10.0. The summed E-state index contributed by atoms with van der Waals surface area (Å²) in [6.45, 7) is 2.07. The van der Waals surface area contributed by atoms with Crippen molar-refractivity contribution in [2.75, 3.05) is 6.54 Å². The highest BCUT2D eigenvalue weighted by Crippen LogP contribution is 2.27. The summed E-state index contributed by atoms with van der Waals surface area (Å²) in [6.07, 6.45) is 6.25. The van der Waals surface area contributed by atoms with E-state index in [4.69, 9.17) is 10.1 Å². The van der Waals surface area contributed by atoms with Crippen molar-refractivity contribution in [1.82, 2.24) is 29.6 Å². The molecule has 7 heteroatoms. The van der Waals surface area contributed by atoms with E-state index in [1.54, 1.807) is 12.4 Å². The SMILES string of the molecule is O=c1[nH]c(-c2cccnc2)nc2c1CN(Cc1cn(-c3ccccc3)nc1-c1ccccc1)CC2. The molecule has 0 atom stereocenters. The van der Waals surface area contributed by atoms with Crippen molar-refractivity contribution in [2.45, 2.75) is 19.5 Å². The zero-order valence-corrected chi connectivity index (χ0v) is 19.1. The molecule has 0 spiro atoms. The number of para-hydroxylation sites is 1. The summed E-state index contributed by atoms with van der Waals surface area (Å²) in [6, 6.07) is 24.1. The maximum atomic E-state index is 13.0. The summed E-state index contributed by atoms with van der Waals surface area (Å²) in [7, 11) is 0. The molecular formula is C28H24N6O. The predicted molar refractivity (Wildman–Crippen MR) is 135 cm³/mol. The molecule has 0 fully saturated rings. The topological polar surface area (TPSA) is 79.7 Å². The smallest absolute Gasteiger partial charge is 0.255 e. The number of nitrogens with zero attached hydrogens (tertiary/aromatic N) is 5. The van der Waals surface area contributed by atoms with Gasteiger partial charge in [-0.25, -0.2) is 9.67 Å². The molecule has 0 saturated heterocycles. The summed E-state index contributed by atoms with van der Waals surface area (Å²) in [5.41, 5.74) is 6.52. The third-order valence-electron chi connectivity index (χ3n) is 6.33. The minimum absolute atomic E-state index is 0.0817. The van der Waals surface area contributed by atoms with Crippen LogP contribution in [-0.4, -0.2) is 36.2 Å². The molecule has 0 amide bonds. The van der Waals surface area contributed by atoms with Gasteiger partial charge in [-0.2, -0.15) is 5.10 Å². The first kappa shape index (κ1) is 21.2. The number of benzene rings is 2.